The van der Waals surface area contributed by atoms with Gasteiger partial charge in [-0.3, -0.25) is 9.52 Å². The van der Waals surface area contributed by atoms with Gasteiger partial charge in [0.25, 0.3) is 5.56 Å². The van der Waals surface area contributed by atoms with Crippen LogP contribution in [-0.2, 0) is 10.0 Å². The number of anilines is 3. The Morgan fingerprint density at radius 1 is 1.23 bits per heavy atom. The molecule has 7 nitrogen and oxygen atoms in total. The maximum Gasteiger partial charge on any atom is 0.269 e. The molecule has 0 radical (unpaired) electrons. The molecule has 10 heteroatoms. The third-order valence-corrected chi connectivity index (χ3v) is 6.27. The fraction of sp³-hybridized carbons (Fsp3) is 0.300. The van der Waals surface area contributed by atoms with Gasteiger partial charge in [-0.05, 0) is 50.6 Å². The van der Waals surface area contributed by atoms with Crippen LogP contribution in [0.2, 0.25) is 5.02 Å². The summed E-state index contributed by atoms with van der Waals surface area (Å²) in [5.41, 5.74) is 1.43. The fourth-order valence-corrected chi connectivity index (χ4v) is 4.57. The molecule has 0 saturated heterocycles. The van der Waals surface area contributed by atoms with Crippen molar-refractivity contribution in [3.63, 3.8) is 0 Å². The number of nitrogens with one attached hydrogen (secondary N) is 2. The van der Waals surface area contributed by atoms with Crippen LogP contribution < -0.4 is 15.6 Å². The van der Waals surface area contributed by atoms with E-state index in [2.05, 4.69) is 15.0 Å². The van der Waals surface area contributed by atoms with E-state index in [4.69, 9.17) is 11.6 Å². The van der Waals surface area contributed by atoms with Gasteiger partial charge in [0.15, 0.2) is 0 Å². The second kappa shape index (κ2) is 8.61. The molecule has 160 valence electrons. The summed E-state index contributed by atoms with van der Waals surface area (Å²) in [6, 6.07) is 7.36. The van der Waals surface area contributed by atoms with Gasteiger partial charge in [-0.15, -0.1) is 0 Å². The van der Waals surface area contributed by atoms with E-state index in [0.29, 0.717) is 23.1 Å². The Bertz CT molecular complexity index is 1260. The van der Waals surface area contributed by atoms with Crippen molar-refractivity contribution in [3.8, 4) is 0 Å². The monoisotopic (exact) mass is 452 g/mol. The molecule has 0 aliphatic heterocycles. The molecule has 0 atom stereocenters. The van der Waals surface area contributed by atoms with Gasteiger partial charge in [0.05, 0.1) is 39.4 Å². The number of hydrogen-bond acceptors (Lipinski definition) is 5. The van der Waals surface area contributed by atoms with E-state index in [1.54, 1.807) is 29.7 Å². The van der Waals surface area contributed by atoms with E-state index in [1.165, 1.54) is 12.3 Å². The van der Waals surface area contributed by atoms with E-state index in [1.807, 2.05) is 13.8 Å². The normalized spacial score (nSPS) is 11.8. The summed E-state index contributed by atoms with van der Waals surface area (Å²) in [6.07, 6.45) is 1.69. The Morgan fingerprint density at radius 2 is 1.97 bits per heavy atom. The largest absolute Gasteiger partial charge is 0.352 e. The Morgan fingerprint density at radius 3 is 2.63 bits per heavy atom. The molecule has 0 bridgehead atoms. The number of rotatable bonds is 7. The zero-order valence-electron chi connectivity index (χ0n) is 16.7. The third kappa shape index (κ3) is 4.57. The Balaban J connectivity index is 2.04. The fourth-order valence-electron chi connectivity index (χ4n) is 3.12. The number of hydrogen-bond donors (Lipinski definition) is 2. The lowest BCUT2D eigenvalue weighted by atomic mass is 10.2. The van der Waals surface area contributed by atoms with Crippen LogP contribution in [0.25, 0.3) is 11.0 Å². The maximum atomic E-state index is 14.5. The first kappa shape index (κ1) is 22.0. The van der Waals surface area contributed by atoms with Gasteiger partial charge in [0.1, 0.15) is 5.82 Å². The molecular formula is C20H22ClFN4O3S. The van der Waals surface area contributed by atoms with Crippen molar-refractivity contribution in [1.82, 2.24) is 9.55 Å². The van der Waals surface area contributed by atoms with Gasteiger partial charge in [0.2, 0.25) is 10.0 Å². The number of halogens is 2. The number of sulfonamides is 1. The number of nitrogens with zero attached hydrogens (tertiary/aromatic N) is 2. The number of aromatic nitrogens is 2. The molecule has 3 aromatic rings. The highest BCUT2D eigenvalue weighted by atomic mass is 35.5. The lowest BCUT2D eigenvalue weighted by molar-refractivity contribution is 0.597. The summed E-state index contributed by atoms with van der Waals surface area (Å²) in [4.78, 5) is 16.4. The van der Waals surface area contributed by atoms with Crippen molar-refractivity contribution in [3.05, 3.63) is 57.7 Å². The van der Waals surface area contributed by atoms with Crippen molar-refractivity contribution in [2.24, 2.45) is 0 Å². The molecule has 0 unspecified atom stereocenters. The summed E-state index contributed by atoms with van der Waals surface area (Å²) < 4.78 is 42.6. The van der Waals surface area contributed by atoms with Crippen LogP contribution in [0, 0.1) is 5.82 Å². The molecule has 1 heterocycles. The smallest absolute Gasteiger partial charge is 0.269 e. The lowest BCUT2D eigenvalue weighted by Crippen LogP contribution is -2.22. The van der Waals surface area contributed by atoms with Gasteiger partial charge >= 0.3 is 0 Å². The summed E-state index contributed by atoms with van der Waals surface area (Å²) in [5.74, 6) is -0.723. The van der Waals surface area contributed by atoms with Gasteiger partial charge in [-0.25, -0.2) is 17.8 Å². The minimum Gasteiger partial charge on any atom is -0.352 e. The maximum absolute atomic E-state index is 14.5. The molecule has 0 fully saturated rings. The first-order chi connectivity index (χ1) is 14.1. The highest BCUT2D eigenvalue weighted by Gasteiger charge is 2.17. The molecule has 0 saturated carbocycles. The summed E-state index contributed by atoms with van der Waals surface area (Å²) in [6.45, 7) is 5.50. The zero-order chi connectivity index (χ0) is 22.1. The minimum absolute atomic E-state index is 0.0740. The van der Waals surface area contributed by atoms with E-state index in [9.17, 15) is 17.6 Å². The second-order valence-electron chi connectivity index (χ2n) is 7.09. The van der Waals surface area contributed by atoms with Crippen LogP contribution in [0.4, 0.5) is 21.5 Å². The summed E-state index contributed by atoms with van der Waals surface area (Å²) in [7, 11) is -3.59. The minimum atomic E-state index is -3.59. The highest BCUT2D eigenvalue weighted by molar-refractivity contribution is 7.92. The predicted octanol–water partition coefficient (Wildman–Crippen LogP) is 4.67. The average molecular weight is 453 g/mol. The van der Waals surface area contributed by atoms with Crippen LogP contribution in [0.1, 0.15) is 33.2 Å². The van der Waals surface area contributed by atoms with Crippen molar-refractivity contribution < 1.29 is 12.8 Å². The van der Waals surface area contributed by atoms with Crippen LogP contribution in [-0.4, -0.2) is 23.7 Å². The van der Waals surface area contributed by atoms with Crippen molar-refractivity contribution in [2.75, 3.05) is 15.8 Å². The summed E-state index contributed by atoms with van der Waals surface area (Å²) in [5, 5.41) is 2.80. The molecule has 2 aromatic carbocycles. The van der Waals surface area contributed by atoms with Crippen LogP contribution >= 0.6 is 11.6 Å². The van der Waals surface area contributed by atoms with Crippen LogP contribution in [0.5, 0.6) is 0 Å². The quantitative estimate of drug-likeness (QED) is 0.543. The van der Waals surface area contributed by atoms with Gasteiger partial charge < -0.3 is 9.88 Å². The topological polar surface area (TPSA) is 93.1 Å². The van der Waals surface area contributed by atoms with Crippen LogP contribution in [0.15, 0.2) is 41.3 Å². The van der Waals surface area contributed by atoms with E-state index < -0.39 is 15.8 Å². The number of fused-ring (bicyclic) bond motifs is 1. The molecule has 0 aliphatic carbocycles. The molecule has 2 N–H and O–H groups in total. The van der Waals surface area contributed by atoms with E-state index >= 15 is 0 Å². The van der Waals surface area contributed by atoms with Crippen LogP contribution in [0.3, 0.4) is 0 Å². The number of benzene rings is 2. The molecule has 3 rings (SSSR count). The lowest BCUT2D eigenvalue weighted by Gasteiger charge is -2.16. The van der Waals surface area contributed by atoms with Gasteiger partial charge in [0, 0.05) is 11.7 Å². The predicted molar refractivity (Wildman–Crippen MR) is 119 cm³/mol. The highest BCUT2D eigenvalue weighted by Crippen LogP contribution is 2.35. The van der Waals surface area contributed by atoms with Gasteiger partial charge in [-0.2, -0.15) is 0 Å². The van der Waals surface area contributed by atoms with E-state index in [-0.39, 0.29) is 33.8 Å². The molecule has 30 heavy (non-hydrogen) atoms. The second-order valence-corrected chi connectivity index (χ2v) is 9.31. The molecule has 0 amide bonds. The first-order valence-corrected chi connectivity index (χ1v) is 11.4. The van der Waals surface area contributed by atoms with Crippen molar-refractivity contribution in [2.45, 2.75) is 33.2 Å². The molecular weight excluding hydrogens is 431 g/mol. The van der Waals surface area contributed by atoms with Crippen molar-refractivity contribution in [1.29, 1.82) is 0 Å². The third-order valence-electron chi connectivity index (χ3n) is 4.40. The molecule has 1 aromatic heterocycles. The first-order valence-electron chi connectivity index (χ1n) is 9.39. The molecule has 0 spiro atoms. The van der Waals surface area contributed by atoms with Gasteiger partial charge in [-0.1, -0.05) is 18.5 Å². The standard InChI is InChI=1S/C20H22ClFN4O3S/c1-4-9-30(28,29)25-16-8-6-14(22)20(19(16)21)24-13-5-7-15-17(10-13)26(12(2)3)18(27)11-23-15/h5-8,10-12,24-25H,4,9H2,1-3H3. The van der Waals surface area contributed by atoms with Crippen molar-refractivity contribution >= 4 is 49.7 Å². The van der Waals surface area contributed by atoms with E-state index in [0.717, 1.165) is 6.07 Å². The Hall–Kier alpha value is -2.65. The Kier molecular flexibility index (Phi) is 6.33. The summed E-state index contributed by atoms with van der Waals surface area (Å²) >= 11 is 6.30. The Labute approximate surface area is 178 Å². The SMILES string of the molecule is CCCS(=O)(=O)Nc1ccc(F)c(Nc2ccc3ncc(=O)n(C(C)C)c3c2)c1Cl. The zero-order valence-corrected chi connectivity index (χ0v) is 18.3. The average Bonchev–Trinajstić information content (AvgIpc) is 2.66. The molecule has 0 aliphatic rings.